The Balaban J connectivity index is 2.10. The third-order valence-corrected chi connectivity index (χ3v) is 3.65. The predicted molar refractivity (Wildman–Crippen MR) is 80.4 cm³/mol. The molecule has 0 aliphatic rings. The van der Waals surface area contributed by atoms with E-state index in [9.17, 15) is 14.0 Å². The molecule has 0 saturated carbocycles. The summed E-state index contributed by atoms with van der Waals surface area (Å²) in [7, 11) is 0. The normalized spacial score (nSPS) is 10.8. The van der Waals surface area contributed by atoms with Crippen molar-refractivity contribution in [2.75, 3.05) is 5.32 Å². The number of hydrogen-bond acceptors (Lipinski definition) is 3. The highest BCUT2D eigenvalue weighted by Gasteiger charge is 2.09. The number of rotatable bonds is 4. The summed E-state index contributed by atoms with van der Waals surface area (Å²) in [5.74, 6) is -2.10. The summed E-state index contributed by atoms with van der Waals surface area (Å²) in [6, 6.07) is 5.51. The van der Waals surface area contributed by atoms with Crippen LogP contribution in [0.1, 0.15) is 15.2 Å². The quantitative estimate of drug-likeness (QED) is 0.838. The Hall–Kier alpha value is -2.18. The summed E-state index contributed by atoms with van der Waals surface area (Å²) in [6.45, 7) is 0. The Morgan fingerprint density at radius 1 is 1.33 bits per heavy atom. The zero-order valence-corrected chi connectivity index (χ0v) is 12.0. The molecule has 4 nitrogen and oxygen atoms in total. The van der Waals surface area contributed by atoms with Gasteiger partial charge in [0, 0.05) is 22.0 Å². The molecule has 108 valence electrons. The van der Waals surface area contributed by atoms with Crippen LogP contribution in [-0.2, 0) is 4.79 Å². The molecule has 0 radical (unpaired) electrons. The first-order valence-corrected chi connectivity index (χ1v) is 6.97. The van der Waals surface area contributed by atoms with Crippen LogP contribution >= 0.6 is 22.9 Å². The van der Waals surface area contributed by atoms with Gasteiger partial charge < -0.3 is 10.4 Å². The van der Waals surface area contributed by atoms with Crippen molar-refractivity contribution >= 4 is 46.6 Å². The summed E-state index contributed by atoms with van der Waals surface area (Å²) in [4.78, 5) is 23.0. The second-order valence-electron chi connectivity index (χ2n) is 3.99. The average Bonchev–Trinajstić information content (AvgIpc) is 2.89. The van der Waals surface area contributed by atoms with Crippen LogP contribution in [0.5, 0.6) is 0 Å². The van der Waals surface area contributed by atoms with Crippen molar-refractivity contribution in [1.82, 2.24) is 0 Å². The zero-order valence-electron chi connectivity index (χ0n) is 10.5. The molecule has 1 aromatic carbocycles. The summed E-state index contributed by atoms with van der Waals surface area (Å²) >= 11 is 6.79. The molecule has 0 fully saturated rings. The minimum absolute atomic E-state index is 0.0235. The molecule has 0 aliphatic carbocycles. The maximum atomic E-state index is 13.3. The SMILES string of the molecule is O=C(O)C=Cc1cc(C(=O)Nc2ccc(Cl)c(F)c2)cs1. The van der Waals surface area contributed by atoms with Gasteiger partial charge in [0.15, 0.2) is 0 Å². The van der Waals surface area contributed by atoms with Gasteiger partial charge in [-0.2, -0.15) is 0 Å². The van der Waals surface area contributed by atoms with Crippen LogP contribution in [0.25, 0.3) is 6.08 Å². The molecule has 0 bridgehead atoms. The summed E-state index contributed by atoms with van der Waals surface area (Å²) in [5.41, 5.74) is 0.649. The number of carbonyl (C=O) groups excluding carboxylic acids is 1. The van der Waals surface area contributed by atoms with Gasteiger partial charge in [-0.25, -0.2) is 9.18 Å². The number of amides is 1. The van der Waals surface area contributed by atoms with Crippen LogP contribution in [0.3, 0.4) is 0 Å². The lowest BCUT2D eigenvalue weighted by Crippen LogP contribution is -2.10. The minimum atomic E-state index is -1.06. The van der Waals surface area contributed by atoms with Crippen LogP contribution in [0.4, 0.5) is 10.1 Å². The van der Waals surface area contributed by atoms with E-state index in [-0.39, 0.29) is 10.7 Å². The molecular formula is C14H9ClFNO3S. The highest BCUT2D eigenvalue weighted by molar-refractivity contribution is 7.11. The Morgan fingerprint density at radius 3 is 2.76 bits per heavy atom. The van der Waals surface area contributed by atoms with Gasteiger partial charge in [-0.1, -0.05) is 11.6 Å². The summed E-state index contributed by atoms with van der Waals surface area (Å²) in [6.07, 6.45) is 2.38. The molecule has 1 aromatic heterocycles. The van der Waals surface area contributed by atoms with E-state index in [0.29, 0.717) is 10.4 Å². The van der Waals surface area contributed by atoms with Crippen molar-refractivity contribution in [3.63, 3.8) is 0 Å². The van der Waals surface area contributed by atoms with Gasteiger partial charge in [0.2, 0.25) is 0 Å². The van der Waals surface area contributed by atoms with Crippen LogP contribution in [0.15, 0.2) is 35.7 Å². The second-order valence-corrected chi connectivity index (χ2v) is 5.34. The molecule has 1 amide bonds. The van der Waals surface area contributed by atoms with E-state index in [1.54, 1.807) is 11.4 Å². The van der Waals surface area contributed by atoms with Crippen molar-refractivity contribution in [2.45, 2.75) is 0 Å². The van der Waals surface area contributed by atoms with Crippen molar-refractivity contribution in [3.05, 3.63) is 57.0 Å². The largest absolute Gasteiger partial charge is 0.478 e. The molecule has 0 unspecified atom stereocenters. The van der Waals surface area contributed by atoms with Gasteiger partial charge in [0.1, 0.15) is 5.82 Å². The lowest BCUT2D eigenvalue weighted by atomic mass is 10.2. The van der Waals surface area contributed by atoms with E-state index in [1.807, 2.05) is 0 Å². The number of carbonyl (C=O) groups is 2. The number of carboxylic acids is 1. The van der Waals surface area contributed by atoms with Crippen molar-refractivity contribution < 1.29 is 19.1 Å². The highest BCUT2D eigenvalue weighted by Crippen LogP contribution is 2.21. The molecule has 7 heteroatoms. The van der Waals surface area contributed by atoms with Gasteiger partial charge in [0.25, 0.3) is 5.91 Å². The van der Waals surface area contributed by atoms with E-state index in [4.69, 9.17) is 16.7 Å². The number of nitrogens with one attached hydrogen (secondary N) is 1. The summed E-state index contributed by atoms with van der Waals surface area (Å²) < 4.78 is 13.3. The number of benzene rings is 1. The van der Waals surface area contributed by atoms with Crippen molar-refractivity contribution in [3.8, 4) is 0 Å². The maximum absolute atomic E-state index is 13.3. The lowest BCUT2D eigenvalue weighted by Gasteiger charge is -2.04. The Kier molecular flexibility index (Phi) is 4.72. The molecule has 0 saturated heterocycles. The number of anilines is 1. The average molecular weight is 326 g/mol. The molecule has 2 aromatic rings. The number of thiophene rings is 1. The fourth-order valence-corrected chi connectivity index (χ4v) is 2.39. The van der Waals surface area contributed by atoms with Crippen molar-refractivity contribution in [1.29, 1.82) is 0 Å². The Labute approximate surface area is 128 Å². The summed E-state index contributed by atoms with van der Waals surface area (Å²) in [5, 5.41) is 12.6. The second kappa shape index (κ2) is 6.51. The molecule has 1 heterocycles. The van der Waals surface area contributed by atoms with Gasteiger partial charge in [-0.05, 0) is 30.3 Å². The Morgan fingerprint density at radius 2 is 2.10 bits per heavy atom. The molecular weight excluding hydrogens is 317 g/mol. The third-order valence-electron chi connectivity index (χ3n) is 2.45. The van der Waals surface area contributed by atoms with Crippen molar-refractivity contribution in [2.24, 2.45) is 0 Å². The van der Waals surface area contributed by atoms with Gasteiger partial charge in [-0.15, -0.1) is 11.3 Å². The smallest absolute Gasteiger partial charge is 0.328 e. The number of hydrogen-bond donors (Lipinski definition) is 2. The number of aliphatic carboxylic acids is 1. The van der Waals surface area contributed by atoms with E-state index < -0.39 is 17.7 Å². The molecule has 0 spiro atoms. The zero-order chi connectivity index (χ0) is 15.4. The van der Waals surface area contributed by atoms with Gasteiger partial charge >= 0.3 is 5.97 Å². The van der Waals surface area contributed by atoms with E-state index in [0.717, 1.165) is 12.1 Å². The molecule has 2 N–H and O–H groups in total. The molecule has 0 aliphatic heterocycles. The monoisotopic (exact) mass is 325 g/mol. The molecule has 0 atom stereocenters. The maximum Gasteiger partial charge on any atom is 0.328 e. The molecule has 2 rings (SSSR count). The highest BCUT2D eigenvalue weighted by atomic mass is 35.5. The fourth-order valence-electron chi connectivity index (χ4n) is 1.49. The number of carboxylic acid groups (broad SMARTS) is 1. The fraction of sp³-hybridized carbons (Fsp3) is 0. The lowest BCUT2D eigenvalue weighted by molar-refractivity contribution is -0.131. The van der Waals surface area contributed by atoms with E-state index in [2.05, 4.69) is 5.32 Å². The Bertz CT molecular complexity index is 727. The van der Waals surface area contributed by atoms with Crippen LogP contribution < -0.4 is 5.32 Å². The standard InChI is InChI=1S/C14H9ClFNO3S/c15-11-3-1-9(6-12(11)16)17-14(20)8-5-10(21-7-8)2-4-13(18)19/h1-7H,(H,17,20)(H,18,19). The van der Waals surface area contributed by atoms with Gasteiger partial charge in [0.05, 0.1) is 10.6 Å². The first-order valence-electron chi connectivity index (χ1n) is 5.71. The van der Waals surface area contributed by atoms with Crippen LogP contribution in [0, 0.1) is 5.82 Å². The topological polar surface area (TPSA) is 66.4 Å². The van der Waals surface area contributed by atoms with Crippen LogP contribution in [-0.4, -0.2) is 17.0 Å². The predicted octanol–water partition coefficient (Wildman–Crippen LogP) is 3.89. The first kappa shape index (κ1) is 15.2. The van der Waals surface area contributed by atoms with Gasteiger partial charge in [-0.3, -0.25) is 4.79 Å². The van der Waals surface area contributed by atoms with Crippen LogP contribution in [0.2, 0.25) is 5.02 Å². The minimum Gasteiger partial charge on any atom is -0.478 e. The first-order chi connectivity index (χ1) is 9.95. The van der Waals surface area contributed by atoms with E-state index in [1.165, 1.54) is 29.5 Å². The molecule has 21 heavy (non-hydrogen) atoms. The van der Waals surface area contributed by atoms with E-state index >= 15 is 0 Å². The third kappa shape index (κ3) is 4.14. The number of halogens is 2.